The van der Waals surface area contributed by atoms with Gasteiger partial charge in [-0.2, -0.15) is 0 Å². The maximum absolute atomic E-state index is 12.2. The molecule has 0 radical (unpaired) electrons. The number of benzene rings is 1. The number of aliphatic hydroxyl groups excluding tert-OH is 1. The van der Waals surface area contributed by atoms with Gasteiger partial charge in [0.1, 0.15) is 5.69 Å². The van der Waals surface area contributed by atoms with Gasteiger partial charge >= 0.3 is 0 Å². The van der Waals surface area contributed by atoms with E-state index in [4.69, 9.17) is 16.7 Å². The molecular weight excluding hydrogens is 288 g/mol. The van der Waals surface area contributed by atoms with Crippen LogP contribution in [0.4, 0.5) is 0 Å². The van der Waals surface area contributed by atoms with Crippen molar-refractivity contribution in [2.75, 3.05) is 6.61 Å². The lowest BCUT2D eigenvalue weighted by Gasteiger charge is -2.12. The van der Waals surface area contributed by atoms with Gasteiger partial charge in [0, 0.05) is 29.0 Å². The van der Waals surface area contributed by atoms with Crippen molar-refractivity contribution in [2.24, 2.45) is 5.92 Å². The molecule has 1 aliphatic carbocycles. The Labute approximate surface area is 127 Å². The number of amides is 1. The molecule has 0 aliphatic heterocycles. The van der Waals surface area contributed by atoms with Crippen LogP contribution in [0.1, 0.15) is 16.9 Å². The highest BCUT2D eigenvalue weighted by Gasteiger charge is 2.20. The summed E-state index contributed by atoms with van der Waals surface area (Å²) < 4.78 is 0. The van der Waals surface area contributed by atoms with Crippen molar-refractivity contribution in [2.45, 2.75) is 12.5 Å². The van der Waals surface area contributed by atoms with Crippen LogP contribution in [0.5, 0.6) is 0 Å². The van der Waals surface area contributed by atoms with Gasteiger partial charge in [-0.15, -0.1) is 0 Å². The number of hydrogen-bond acceptors (Lipinski definition) is 3. The maximum Gasteiger partial charge on any atom is 0.270 e. The third-order valence-corrected chi connectivity index (χ3v) is 3.85. The van der Waals surface area contributed by atoms with Gasteiger partial charge in [0.15, 0.2) is 0 Å². The third kappa shape index (κ3) is 3.06. The minimum absolute atomic E-state index is 0.0495. The lowest BCUT2D eigenvalue weighted by atomic mass is 10.1. The molecule has 5 heteroatoms. The minimum atomic E-state index is -0.217. The van der Waals surface area contributed by atoms with Crippen LogP contribution in [-0.4, -0.2) is 28.6 Å². The SMILES string of the molecule is O=C(N[C@@H]1C=C[C@H](CO)C1)c1ccc2ccc(Cl)cc2n1. The van der Waals surface area contributed by atoms with Gasteiger partial charge in [0.2, 0.25) is 0 Å². The molecule has 2 aromatic rings. The Bertz CT molecular complexity index is 714. The molecular formula is C16H15ClN2O2. The Kier molecular flexibility index (Phi) is 3.90. The number of fused-ring (bicyclic) bond motifs is 1. The Morgan fingerprint density at radius 1 is 1.33 bits per heavy atom. The summed E-state index contributed by atoms with van der Waals surface area (Å²) in [4.78, 5) is 16.6. The highest BCUT2D eigenvalue weighted by atomic mass is 35.5. The van der Waals surface area contributed by atoms with E-state index in [9.17, 15) is 4.79 Å². The van der Waals surface area contributed by atoms with E-state index in [1.165, 1.54) is 0 Å². The number of rotatable bonds is 3. The molecule has 1 aliphatic rings. The summed E-state index contributed by atoms with van der Waals surface area (Å²) in [6.45, 7) is 0.107. The van der Waals surface area contributed by atoms with E-state index in [0.29, 0.717) is 16.2 Å². The molecule has 4 nitrogen and oxygen atoms in total. The van der Waals surface area contributed by atoms with Crippen LogP contribution in [0.25, 0.3) is 10.9 Å². The second-order valence-electron chi connectivity index (χ2n) is 5.18. The van der Waals surface area contributed by atoms with E-state index in [1.807, 2.05) is 24.3 Å². The zero-order chi connectivity index (χ0) is 14.8. The van der Waals surface area contributed by atoms with Gasteiger partial charge in [0.05, 0.1) is 5.52 Å². The fourth-order valence-electron chi connectivity index (χ4n) is 2.48. The standard InChI is InChI=1S/C16H15ClN2O2/c17-12-4-2-11-3-6-14(19-15(11)8-12)16(21)18-13-5-1-10(7-13)9-20/h1-6,8,10,13,20H,7,9H2,(H,18,21)/t10-,13+/m0/s1. The van der Waals surface area contributed by atoms with Gasteiger partial charge < -0.3 is 10.4 Å². The van der Waals surface area contributed by atoms with Crippen molar-refractivity contribution < 1.29 is 9.90 Å². The van der Waals surface area contributed by atoms with Crippen LogP contribution < -0.4 is 5.32 Å². The number of carbonyl (C=O) groups excluding carboxylic acids is 1. The molecule has 108 valence electrons. The summed E-state index contributed by atoms with van der Waals surface area (Å²) in [6.07, 6.45) is 4.57. The number of nitrogens with one attached hydrogen (secondary N) is 1. The topological polar surface area (TPSA) is 62.2 Å². The highest BCUT2D eigenvalue weighted by molar-refractivity contribution is 6.31. The van der Waals surface area contributed by atoms with Crippen LogP contribution in [0.15, 0.2) is 42.5 Å². The van der Waals surface area contributed by atoms with Crippen LogP contribution in [0.2, 0.25) is 5.02 Å². The molecule has 0 saturated heterocycles. The first-order chi connectivity index (χ1) is 10.2. The number of carbonyl (C=O) groups is 1. The van der Waals surface area contributed by atoms with Crippen LogP contribution in [0, 0.1) is 5.92 Å². The molecule has 2 N–H and O–H groups in total. The van der Waals surface area contributed by atoms with Crippen molar-refractivity contribution >= 4 is 28.4 Å². The predicted octanol–water partition coefficient (Wildman–Crippen LogP) is 2.56. The van der Waals surface area contributed by atoms with Crippen LogP contribution in [-0.2, 0) is 0 Å². The van der Waals surface area contributed by atoms with Crippen LogP contribution in [0.3, 0.4) is 0 Å². The molecule has 2 atom stereocenters. The molecule has 0 saturated carbocycles. The first-order valence-corrected chi connectivity index (χ1v) is 7.20. The summed E-state index contributed by atoms with van der Waals surface area (Å²) in [6, 6.07) is 8.92. The lowest BCUT2D eigenvalue weighted by Crippen LogP contribution is -2.33. The van der Waals surface area contributed by atoms with E-state index in [1.54, 1.807) is 18.2 Å². The molecule has 0 unspecified atom stereocenters. The van der Waals surface area contributed by atoms with Crippen molar-refractivity contribution in [3.63, 3.8) is 0 Å². The normalized spacial score (nSPS) is 20.9. The fourth-order valence-corrected chi connectivity index (χ4v) is 2.64. The summed E-state index contributed by atoms with van der Waals surface area (Å²) >= 11 is 5.95. The van der Waals surface area contributed by atoms with E-state index in [2.05, 4.69) is 10.3 Å². The molecule has 1 aromatic carbocycles. The number of halogens is 1. The van der Waals surface area contributed by atoms with Crippen molar-refractivity contribution in [3.05, 3.63) is 53.2 Å². The molecule has 0 fully saturated rings. The van der Waals surface area contributed by atoms with E-state index in [-0.39, 0.29) is 24.5 Å². The number of nitrogens with zero attached hydrogens (tertiary/aromatic N) is 1. The molecule has 1 heterocycles. The Balaban J connectivity index is 1.77. The lowest BCUT2D eigenvalue weighted by molar-refractivity contribution is 0.0936. The number of pyridine rings is 1. The van der Waals surface area contributed by atoms with Gasteiger partial charge in [-0.1, -0.05) is 35.9 Å². The smallest absolute Gasteiger partial charge is 0.270 e. The first kappa shape index (κ1) is 14.0. The predicted molar refractivity (Wildman–Crippen MR) is 82.3 cm³/mol. The molecule has 3 rings (SSSR count). The minimum Gasteiger partial charge on any atom is -0.396 e. The first-order valence-electron chi connectivity index (χ1n) is 6.82. The number of aromatic nitrogens is 1. The van der Waals surface area contributed by atoms with Gasteiger partial charge in [-0.3, -0.25) is 4.79 Å². The summed E-state index contributed by atoms with van der Waals surface area (Å²) in [5.41, 5.74) is 1.07. The summed E-state index contributed by atoms with van der Waals surface area (Å²) in [5.74, 6) is -0.0937. The summed E-state index contributed by atoms with van der Waals surface area (Å²) in [7, 11) is 0. The van der Waals surface area contributed by atoms with Gasteiger partial charge in [-0.25, -0.2) is 4.98 Å². The second kappa shape index (κ2) is 5.84. The largest absolute Gasteiger partial charge is 0.396 e. The fraction of sp³-hybridized carbons (Fsp3) is 0.250. The number of aliphatic hydroxyl groups is 1. The maximum atomic E-state index is 12.2. The quantitative estimate of drug-likeness (QED) is 0.857. The van der Waals surface area contributed by atoms with E-state index < -0.39 is 0 Å². The molecule has 0 spiro atoms. The monoisotopic (exact) mass is 302 g/mol. The average Bonchev–Trinajstić information content (AvgIpc) is 2.94. The molecule has 0 bridgehead atoms. The molecule has 1 amide bonds. The Morgan fingerprint density at radius 2 is 2.14 bits per heavy atom. The zero-order valence-electron chi connectivity index (χ0n) is 11.3. The van der Waals surface area contributed by atoms with Crippen LogP contribution >= 0.6 is 11.6 Å². The van der Waals surface area contributed by atoms with E-state index in [0.717, 1.165) is 11.8 Å². The third-order valence-electron chi connectivity index (χ3n) is 3.61. The zero-order valence-corrected chi connectivity index (χ0v) is 12.0. The Hall–Kier alpha value is -1.91. The Morgan fingerprint density at radius 3 is 2.90 bits per heavy atom. The molecule has 21 heavy (non-hydrogen) atoms. The van der Waals surface area contributed by atoms with Crippen molar-refractivity contribution in [1.29, 1.82) is 0 Å². The number of hydrogen-bond donors (Lipinski definition) is 2. The highest BCUT2D eigenvalue weighted by Crippen LogP contribution is 2.19. The van der Waals surface area contributed by atoms with Gasteiger partial charge in [-0.05, 0) is 24.6 Å². The summed E-state index contributed by atoms with van der Waals surface area (Å²) in [5, 5.41) is 13.5. The van der Waals surface area contributed by atoms with Crippen molar-refractivity contribution in [3.8, 4) is 0 Å². The van der Waals surface area contributed by atoms with Crippen molar-refractivity contribution in [1.82, 2.24) is 10.3 Å². The molecule has 1 aromatic heterocycles. The van der Waals surface area contributed by atoms with E-state index >= 15 is 0 Å². The second-order valence-corrected chi connectivity index (χ2v) is 5.61. The average molecular weight is 303 g/mol. The van der Waals surface area contributed by atoms with Gasteiger partial charge in [0.25, 0.3) is 5.91 Å².